The summed E-state index contributed by atoms with van der Waals surface area (Å²) in [5, 5.41) is 3.76. The van der Waals surface area contributed by atoms with Crippen molar-refractivity contribution in [2.24, 2.45) is 5.41 Å². The smallest absolute Gasteiger partial charge is 0.00684 e. The third-order valence-corrected chi connectivity index (χ3v) is 4.85. The zero-order valence-corrected chi connectivity index (χ0v) is 11.8. The van der Waals surface area contributed by atoms with E-state index in [1.54, 1.807) is 0 Å². The second-order valence-corrected chi connectivity index (χ2v) is 6.20. The third-order valence-electron chi connectivity index (χ3n) is 4.85. The van der Waals surface area contributed by atoms with E-state index < -0.39 is 0 Å². The molecule has 0 aromatic heterocycles. The van der Waals surface area contributed by atoms with Gasteiger partial charge in [-0.3, -0.25) is 0 Å². The molecule has 0 aromatic carbocycles. The van der Waals surface area contributed by atoms with E-state index in [4.69, 9.17) is 0 Å². The van der Waals surface area contributed by atoms with Gasteiger partial charge >= 0.3 is 0 Å². The van der Waals surface area contributed by atoms with Gasteiger partial charge in [-0.2, -0.15) is 0 Å². The average Bonchev–Trinajstić information content (AvgIpc) is 3.20. The molecule has 0 aromatic rings. The first-order chi connectivity index (χ1) is 8.28. The van der Waals surface area contributed by atoms with Crippen LogP contribution in [-0.2, 0) is 0 Å². The number of rotatable bonds is 7. The molecule has 1 saturated heterocycles. The van der Waals surface area contributed by atoms with Crippen LogP contribution in [0.5, 0.6) is 0 Å². The molecule has 1 heterocycles. The van der Waals surface area contributed by atoms with Gasteiger partial charge in [0.2, 0.25) is 0 Å². The predicted octanol–water partition coefficient (Wildman–Crippen LogP) is 3.03. The minimum Gasteiger partial charge on any atom is -0.313 e. The molecule has 1 aliphatic carbocycles. The standard InChI is InChI=1S/C15H30N2/c1-3-15(4-2,12-16-14-8-9-14)13-17-10-6-5-7-11-17/h14,16H,3-13H2,1-2H3. The Hall–Kier alpha value is -0.0800. The highest BCUT2D eigenvalue weighted by Gasteiger charge is 2.31. The lowest BCUT2D eigenvalue weighted by Gasteiger charge is -2.39. The molecule has 0 bridgehead atoms. The summed E-state index contributed by atoms with van der Waals surface area (Å²) in [4.78, 5) is 2.71. The van der Waals surface area contributed by atoms with Gasteiger partial charge in [0.05, 0.1) is 0 Å². The molecule has 2 fully saturated rings. The molecule has 0 radical (unpaired) electrons. The quantitative estimate of drug-likeness (QED) is 0.733. The Kier molecular flexibility index (Phi) is 4.87. The second kappa shape index (κ2) is 6.19. The summed E-state index contributed by atoms with van der Waals surface area (Å²) in [6.07, 6.45) is 9.74. The summed E-state index contributed by atoms with van der Waals surface area (Å²) in [6, 6.07) is 0.855. The minimum atomic E-state index is 0.528. The Morgan fingerprint density at radius 1 is 1.06 bits per heavy atom. The van der Waals surface area contributed by atoms with Crippen molar-refractivity contribution in [2.75, 3.05) is 26.2 Å². The number of nitrogens with zero attached hydrogens (tertiary/aromatic N) is 1. The fraction of sp³-hybridized carbons (Fsp3) is 1.00. The molecule has 1 aliphatic heterocycles. The van der Waals surface area contributed by atoms with E-state index in [9.17, 15) is 0 Å². The Balaban J connectivity index is 1.83. The van der Waals surface area contributed by atoms with Crippen molar-refractivity contribution < 1.29 is 0 Å². The lowest BCUT2D eigenvalue weighted by molar-refractivity contribution is 0.117. The Labute approximate surface area is 107 Å². The van der Waals surface area contributed by atoms with E-state index in [0.717, 1.165) is 6.04 Å². The molecule has 17 heavy (non-hydrogen) atoms. The molecule has 0 unspecified atom stereocenters. The first-order valence-corrected chi connectivity index (χ1v) is 7.74. The number of likely N-dealkylation sites (tertiary alicyclic amines) is 1. The maximum atomic E-state index is 3.76. The van der Waals surface area contributed by atoms with Gasteiger partial charge in [-0.25, -0.2) is 0 Å². The monoisotopic (exact) mass is 238 g/mol. The molecule has 1 N–H and O–H groups in total. The maximum Gasteiger partial charge on any atom is 0.00684 e. The van der Waals surface area contributed by atoms with Gasteiger partial charge in [-0.1, -0.05) is 20.3 Å². The van der Waals surface area contributed by atoms with Crippen LogP contribution < -0.4 is 5.32 Å². The first-order valence-electron chi connectivity index (χ1n) is 7.74. The van der Waals surface area contributed by atoms with Gasteiger partial charge in [-0.15, -0.1) is 0 Å². The first kappa shape index (κ1) is 13.4. The van der Waals surface area contributed by atoms with E-state index in [0.29, 0.717) is 5.41 Å². The lowest BCUT2D eigenvalue weighted by atomic mass is 9.81. The van der Waals surface area contributed by atoms with Crippen LogP contribution in [0.15, 0.2) is 0 Å². The normalized spacial score (nSPS) is 22.9. The Bertz CT molecular complexity index is 213. The van der Waals surface area contributed by atoms with Crippen LogP contribution in [0.2, 0.25) is 0 Å². The van der Waals surface area contributed by atoms with E-state index in [1.807, 2.05) is 0 Å². The highest BCUT2D eigenvalue weighted by atomic mass is 15.1. The van der Waals surface area contributed by atoms with Crippen molar-refractivity contribution in [3.63, 3.8) is 0 Å². The maximum absolute atomic E-state index is 3.76. The number of nitrogens with one attached hydrogen (secondary N) is 1. The largest absolute Gasteiger partial charge is 0.313 e. The summed E-state index contributed by atoms with van der Waals surface area (Å²) >= 11 is 0. The van der Waals surface area contributed by atoms with Crippen molar-refractivity contribution in [3.05, 3.63) is 0 Å². The molecule has 1 saturated carbocycles. The molecular formula is C15H30N2. The van der Waals surface area contributed by atoms with Crippen LogP contribution in [0, 0.1) is 5.41 Å². The van der Waals surface area contributed by atoms with Crippen molar-refractivity contribution in [3.8, 4) is 0 Å². The van der Waals surface area contributed by atoms with Gasteiger partial charge in [-0.05, 0) is 57.0 Å². The molecule has 100 valence electrons. The lowest BCUT2D eigenvalue weighted by Crippen LogP contribution is -2.45. The van der Waals surface area contributed by atoms with Crippen molar-refractivity contribution in [2.45, 2.75) is 64.8 Å². The summed E-state index contributed by atoms with van der Waals surface area (Å²) in [5.41, 5.74) is 0.528. The third kappa shape index (κ3) is 3.96. The van der Waals surface area contributed by atoms with Gasteiger partial charge in [0.15, 0.2) is 0 Å². The van der Waals surface area contributed by atoms with Crippen LogP contribution >= 0.6 is 0 Å². The van der Waals surface area contributed by atoms with E-state index in [1.165, 1.54) is 71.1 Å². The molecule has 2 rings (SSSR count). The van der Waals surface area contributed by atoms with Gasteiger partial charge < -0.3 is 10.2 Å². The molecule has 0 amide bonds. The molecule has 0 atom stereocenters. The van der Waals surface area contributed by atoms with Crippen LogP contribution in [-0.4, -0.2) is 37.1 Å². The molecular weight excluding hydrogens is 208 g/mol. The fourth-order valence-corrected chi connectivity index (χ4v) is 3.02. The van der Waals surface area contributed by atoms with E-state index in [2.05, 4.69) is 24.1 Å². The minimum absolute atomic E-state index is 0.528. The summed E-state index contributed by atoms with van der Waals surface area (Å²) in [6.45, 7) is 9.99. The zero-order chi connectivity index (χ0) is 12.1. The highest BCUT2D eigenvalue weighted by molar-refractivity contribution is 4.88. The highest BCUT2D eigenvalue weighted by Crippen LogP contribution is 2.30. The van der Waals surface area contributed by atoms with Gasteiger partial charge in [0.25, 0.3) is 0 Å². The van der Waals surface area contributed by atoms with Crippen LogP contribution in [0.4, 0.5) is 0 Å². The van der Waals surface area contributed by atoms with Crippen molar-refractivity contribution in [1.29, 1.82) is 0 Å². The topological polar surface area (TPSA) is 15.3 Å². The second-order valence-electron chi connectivity index (χ2n) is 6.20. The van der Waals surface area contributed by atoms with E-state index in [-0.39, 0.29) is 0 Å². The number of piperidine rings is 1. The van der Waals surface area contributed by atoms with Crippen LogP contribution in [0.25, 0.3) is 0 Å². The summed E-state index contributed by atoms with van der Waals surface area (Å²) < 4.78 is 0. The van der Waals surface area contributed by atoms with Gasteiger partial charge in [0, 0.05) is 19.1 Å². The predicted molar refractivity (Wildman–Crippen MR) is 74.3 cm³/mol. The van der Waals surface area contributed by atoms with Crippen molar-refractivity contribution in [1.82, 2.24) is 10.2 Å². The number of hydrogen-bond acceptors (Lipinski definition) is 2. The Morgan fingerprint density at radius 2 is 1.71 bits per heavy atom. The summed E-state index contributed by atoms with van der Waals surface area (Å²) in [7, 11) is 0. The molecule has 2 nitrogen and oxygen atoms in total. The fourth-order valence-electron chi connectivity index (χ4n) is 3.02. The Morgan fingerprint density at radius 3 is 2.24 bits per heavy atom. The zero-order valence-electron chi connectivity index (χ0n) is 11.8. The van der Waals surface area contributed by atoms with E-state index >= 15 is 0 Å². The molecule has 2 heteroatoms. The van der Waals surface area contributed by atoms with Crippen LogP contribution in [0.1, 0.15) is 58.8 Å². The number of hydrogen-bond donors (Lipinski definition) is 1. The summed E-state index contributed by atoms with van der Waals surface area (Å²) in [5.74, 6) is 0. The van der Waals surface area contributed by atoms with Crippen LogP contribution in [0.3, 0.4) is 0 Å². The van der Waals surface area contributed by atoms with Gasteiger partial charge in [0.1, 0.15) is 0 Å². The average molecular weight is 238 g/mol. The molecule has 0 spiro atoms. The SMILES string of the molecule is CCC(CC)(CNC1CC1)CN1CCCCC1. The molecule has 2 aliphatic rings. The van der Waals surface area contributed by atoms with Crippen molar-refractivity contribution >= 4 is 0 Å².